The Morgan fingerprint density at radius 1 is 1.37 bits per heavy atom. The third-order valence-corrected chi connectivity index (χ3v) is 2.95. The monoisotopic (exact) mass is 325 g/mol. The highest BCUT2D eigenvalue weighted by Crippen LogP contribution is 2.32. The Kier molecular flexibility index (Phi) is 5.40. The van der Waals surface area contributed by atoms with Crippen molar-refractivity contribution in [2.75, 3.05) is 6.54 Å². The second kappa shape index (κ2) is 6.41. The first kappa shape index (κ1) is 16.0. The minimum absolute atomic E-state index is 0.230. The third-order valence-electron chi connectivity index (χ3n) is 2.22. The molecule has 0 amide bonds. The van der Waals surface area contributed by atoms with Crippen LogP contribution in [0.2, 0.25) is 0 Å². The van der Waals surface area contributed by atoms with E-state index in [2.05, 4.69) is 0 Å². The maximum absolute atomic E-state index is 11.8. The van der Waals surface area contributed by atoms with Crippen molar-refractivity contribution < 1.29 is 14.5 Å². The highest BCUT2D eigenvalue weighted by Gasteiger charge is 2.40. The molecule has 0 aliphatic rings. The summed E-state index contributed by atoms with van der Waals surface area (Å²) in [6, 6.07) is 6.46. The first-order valence-electron chi connectivity index (χ1n) is 5.16. The molecule has 1 aromatic rings. The van der Waals surface area contributed by atoms with Gasteiger partial charge >= 0.3 is 5.97 Å². The van der Waals surface area contributed by atoms with E-state index in [0.29, 0.717) is 0 Å². The summed E-state index contributed by atoms with van der Waals surface area (Å²) in [6.07, 6.45) is -1.46. The number of halogens is 3. The summed E-state index contributed by atoms with van der Waals surface area (Å²) in [6.45, 7) is 1.07. The number of nitro groups is 1. The van der Waals surface area contributed by atoms with Crippen LogP contribution in [0.5, 0.6) is 0 Å². The van der Waals surface area contributed by atoms with Crippen LogP contribution >= 0.6 is 34.8 Å². The van der Waals surface area contributed by atoms with E-state index in [1.807, 2.05) is 6.92 Å². The number of ether oxygens (including phenoxy) is 1. The molecule has 1 atom stereocenters. The first-order chi connectivity index (χ1) is 8.70. The molecule has 0 N–H and O–H groups in total. The lowest BCUT2D eigenvalue weighted by molar-refractivity contribution is -0.489. The zero-order chi connectivity index (χ0) is 14.6. The molecule has 0 radical (unpaired) electrons. The van der Waals surface area contributed by atoms with Crippen molar-refractivity contribution in [2.45, 2.75) is 16.8 Å². The number of esters is 1. The van der Waals surface area contributed by atoms with Crippen molar-refractivity contribution in [2.24, 2.45) is 0 Å². The van der Waals surface area contributed by atoms with E-state index in [4.69, 9.17) is 39.5 Å². The lowest BCUT2D eigenvalue weighted by atomic mass is 10.1. The average molecular weight is 327 g/mol. The zero-order valence-corrected chi connectivity index (χ0v) is 12.1. The van der Waals surface area contributed by atoms with Gasteiger partial charge in [-0.2, -0.15) is 0 Å². The quantitative estimate of drug-likeness (QED) is 0.369. The summed E-state index contributed by atoms with van der Waals surface area (Å²) in [5, 5.41) is 10.5. The van der Waals surface area contributed by atoms with Crippen molar-refractivity contribution in [1.82, 2.24) is 0 Å². The third kappa shape index (κ3) is 5.22. The molecule has 0 saturated heterocycles. The number of carbonyl (C=O) groups excluding carboxylic acids is 1. The molecule has 0 aromatic heterocycles. The topological polar surface area (TPSA) is 69.4 Å². The highest BCUT2D eigenvalue weighted by atomic mass is 35.6. The number of carbonyl (C=O) groups is 1. The Morgan fingerprint density at radius 3 is 2.32 bits per heavy atom. The molecule has 0 saturated carbocycles. The summed E-state index contributed by atoms with van der Waals surface area (Å²) in [5.74, 6) is -0.779. The summed E-state index contributed by atoms with van der Waals surface area (Å²) in [7, 11) is 0. The van der Waals surface area contributed by atoms with Crippen molar-refractivity contribution in [1.29, 1.82) is 0 Å². The van der Waals surface area contributed by atoms with E-state index in [1.54, 1.807) is 12.1 Å². The van der Waals surface area contributed by atoms with Crippen LogP contribution in [0.3, 0.4) is 0 Å². The van der Waals surface area contributed by atoms with E-state index < -0.39 is 27.3 Å². The number of aryl methyl sites for hydroxylation is 1. The smallest absolute Gasteiger partial charge is 0.338 e. The molecule has 8 heteroatoms. The van der Waals surface area contributed by atoms with Crippen LogP contribution in [0.4, 0.5) is 0 Å². The Morgan fingerprint density at radius 2 is 1.89 bits per heavy atom. The summed E-state index contributed by atoms with van der Waals surface area (Å²) < 4.78 is 2.81. The van der Waals surface area contributed by atoms with Gasteiger partial charge in [-0.15, -0.1) is 0 Å². The van der Waals surface area contributed by atoms with Gasteiger partial charge in [0.1, 0.15) is 0 Å². The molecule has 5 nitrogen and oxygen atoms in total. The minimum Gasteiger partial charge on any atom is -0.447 e. The predicted octanol–water partition coefficient (Wildman–Crippen LogP) is 3.17. The number of alkyl halides is 3. The van der Waals surface area contributed by atoms with Gasteiger partial charge in [-0.3, -0.25) is 10.1 Å². The lowest BCUT2D eigenvalue weighted by Crippen LogP contribution is -2.37. The van der Waals surface area contributed by atoms with Gasteiger partial charge in [0.2, 0.25) is 16.4 Å². The molecule has 0 bridgehead atoms. The van der Waals surface area contributed by atoms with Crippen LogP contribution < -0.4 is 0 Å². The summed E-state index contributed by atoms with van der Waals surface area (Å²) >= 11 is 16.6. The maximum atomic E-state index is 11.8. The highest BCUT2D eigenvalue weighted by molar-refractivity contribution is 6.68. The van der Waals surface area contributed by atoms with Crippen LogP contribution in [-0.2, 0) is 4.74 Å². The summed E-state index contributed by atoms with van der Waals surface area (Å²) in [4.78, 5) is 21.5. The van der Waals surface area contributed by atoms with Crippen LogP contribution in [0.1, 0.15) is 15.9 Å². The van der Waals surface area contributed by atoms with Crippen molar-refractivity contribution >= 4 is 40.8 Å². The average Bonchev–Trinajstić information content (AvgIpc) is 2.27. The van der Waals surface area contributed by atoms with Crippen molar-refractivity contribution in [3.8, 4) is 0 Å². The molecule has 0 spiro atoms. The molecule has 0 aliphatic heterocycles. The van der Waals surface area contributed by atoms with Gasteiger partial charge in [0.05, 0.1) is 5.56 Å². The standard InChI is InChI=1S/C11H10Cl3NO4/c1-7-2-4-8(5-3-7)10(16)19-9(6-15(17)18)11(12,13)14/h2-5,9H,6H2,1H3. The molecular formula is C11H10Cl3NO4. The molecule has 1 rings (SSSR count). The normalized spacial score (nSPS) is 12.8. The fourth-order valence-corrected chi connectivity index (χ4v) is 1.57. The van der Waals surface area contributed by atoms with E-state index in [9.17, 15) is 14.9 Å². The largest absolute Gasteiger partial charge is 0.447 e. The molecular weight excluding hydrogens is 316 g/mol. The fraction of sp³-hybridized carbons (Fsp3) is 0.364. The number of nitrogens with zero attached hydrogens (tertiary/aromatic N) is 1. The predicted molar refractivity (Wildman–Crippen MR) is 72.5 cm³/mol. The van der Waals surface area contributed by atoms with Crippen LogP contribution in [0, 0.1) is 17.0 Å². The summed E-state index contributed by atoms with van der Waals surface area (Å²) in [5.41, 5.74) is 1.19. The van der Waals surface area contributed by atoms with Crippen LogP contribution in [0.15, 0.2) is 24.3 Å². The fourth-order valence-electron chi connectivity index (χ4n) is 1.23. The lowest BCUT2D eigenvalue weighted by Gasteiger charge is -2.20. The minimum atomic E-state index is -2.06. The van der Waals surface area contributed by atoms with E-state index in [-0.39, 0.29) is 5.56 Å². The first-order valence-corrected chi connectivity index (χ1v) is 6.29. The Balaban J connectivity index is 2.81. The molecule has 1 aromatic carbocycles. The van der Waals surface area contributed by atoms with Gasteiger partial charge in [0, 0.05) is 4.92 Å². The van der Waals surface area contributed by atoms with E-state index in [0.717, 1.165) is 5.56 Å². The molecule has 0 fully saturated rings. The van der Waals surface area contributed by atoms with E-state index in [1.165, 1.54) is 12.1 Å². The second-order valence-electron chi connectivity index (χ2n) is 3.82. The van der Waals surface area contributed by atoms with Gasteiger partial charge in [-0.25, -0.2) is 4.79 Å². The molecule has 0 aliphatic carbocycles. The Hall–Kier alpha value is -1.04. The van der Waals surface area contributed by atoms with Gasteiger partial charge in [0.15, 0.2) is 0 Å². The molecule has 104 valence electrons. The molecule has 19 heavy (non-hydrogen) atoms. The Bertz CT molecular complexity index is 470. The van der Waals surface area contributed by atoms with Crippen molar-refractivity contribution in [3.05, 3.63) is 45.5 Å². The van der Waals surface area contributed by atoms with Gasteiger partial charge in [0.25, 0.3) is 0 Å². The molecule has 0 heterocycles. The van der Waals surface area contributed by atoms with Crippen LogP contribution in [-0.4, -0.2) is 27.3 Å². The van der Waals surface area contributed by atoms with Gasteiger partial charge in [-0.05, 0) is 19.1 Å². The SMILES string of the molecule is Cc1ccc(C(=O)OC(C[N+](=O)[O-])C(Cl)(Cl)Cl)cc1. The Labute approximate surface area is 124 Å². The zero-order valence-electron chi connectivity index (χ0n) is 9.81. The number of hydrogen-bond donors (Lipinski definition) is 0. The number of benzene rings is 1. The van der Waals surface area contributed by atoms with E-state index >= 15 is 0 Å². The number of hydrogen-bond acceptors (Lipinski definition) is 4. The van der Waals surface area contributed by atoms with Gasteiger partial charge < -0.3 is 4.74 Å². The molecule has 1 unspecified atom stereocenters. The van der Waals surface area contributed by atoms with Crippen molar-refractivity contribution in [3.63, 3.8) is 0 Å². The van der Waals surface area contributed by atoms with Gasteiger partial charge in [-0.1, -0.05) is 52.5 Å². The number of rotatable bonds is 4. The second-order valence-corrected chi connectivity index (χ2v) is 6.19. The van der Waals surface area contributed by atoms with Crippen LogP contribution in [0.25, 0.3) is 0 Å². The maximum Gasteiger partial charge on any atom is 0.338 e.